The summed E-state index contributed by atoms with van der Waals surface area (Å²) in [4.78, 5) is 25.7. The van der Waals surface area contributed by atoms with E-state index in [1.165, 1.54) is 6.20 Å². The van der Waals surface area contributed by atoms with Crippen molar-refractivity contribution in [3.63, 3.8) is 0 Å². The minimum atomic E-state index is -0.271. The molecule has 6 heteroatoms. The zero-order valence-corrected chi connectivity index (χ0v) is 14.3. The van der Waals surface area contributed by atoms with E-state index in [4.69, 9.17) is 10.00 Å². The predicted octanol–water partition coefficient (Wildman–Crippen LogP) is 1.83. The first-order valence-electron chi connectivity index (χ1n) is 8.29. The van der Waals surface area contributed by atoms with Crippen LogP contribution in [0.4, 0.5) is 0 Å². The van der Waals surface area contributed by atoms with Crippen molar-refractivity contribution in [2.75, 3.05) is 26.2 Å². The van der Waals surface area contributed by atoms with Crippen molar-refractivity contribution in [3.05, 3.63) is 11.8 Å². The summed E-state index contributed by atoms with van der Waals surface area (Å²) in [5.74, 6) is -0.0328. The Kier molecular flexibility index (Phi) is 8.17. The molecule has 23 heavy (non-hydrogen) atoms. The number of nitriles is 1. The average Bonchev–Trinajstić information content (AvgIpc) is 2.54. The van der Waals surface area contributed by atoms with E-state index in [0.29, 0.717) is 38.5 Å². The van der Waals surface area contributed by atoms with Crippen LogP contribution >= 0.6 is 0 Å². The maximum Gasteiger partial charge on any atom is 0.309 e. The van der Waals surface area contributed by atoms with E-state index in [9.17, 15) is 9.59 Å². The van der Waals surface area contributed by atoms with Crippen LogP contribution in [0.15, 0.2) is 11.8 Å². The molecule has 1 rings (SSSR count). The molecule has 1 amide bonds. The summed E-state index contributed by atoms with van der Waals surface area (Å²) < 4.78 is 5.01. The van der Waals surface area contributed by atoms with Gasteiger partial charge in [0.15, 0.2) is 0 Å². The van der Waals surface area contributed by atoms with Crippen LogP contribution in [0.25, 0.3) is 0 Å². The van der Waals surface area contributed by atoms with Crippen LogP contribution in [0, 0.1) is 23.2 Å². The molecule has 0 unspecified atom stereocenters. The Labute approximate surface area is 138 Å². The third-order valence-corrected chi connectivity index (χ3v) is 3.87. The molecule has 0 bridgehead atoms. The number of piperidine rings is 1. The lowest BCUT2D eigenvalue weighted by molar-refractivity contribution is -0.150. The van der Waals surface area contributed by atoms with Crippen LogP contribution in [0.3, 0.4) is 0 Å². The second-order valence-corrected chi connectivity index (χ2v) is 6.12. The number of hydrogen-bond acceptors (Lipinski definition) is 5. The molecule has 0 saturated carbocycles. The van der Waals surface area contributed by atoms with Crippen molar-refractivity contribution in [3.8, 4) is 6.07 Å². The molecule has 1 heterocycles. The highest BCUT2D eigenvalue weighted by Crippen LogP contribution is 2.19. The van der Waals surface area contributed by atoms with Gasteiger partial charge < -0.3 is 15.0 Å². The lowest BCUT2D eigenvalue weighted by Crippen LogP contribution is -2.41. The van der Waals surface area contributed by atoms with Gasteiger partial charge in [-0.3, -0.25) is 9.59 Å². The highest BCUT2D eigenvalue weighted by molar-refractivity contribution is 5.97. The molecule has 1 aliphatic rings. The van der Waals surface area contributed by atoms with Gasteiger partial charge in [0, 0.05) is 25.8 Å². The first-order valence-corrected chi connectivity index (χ1v) is 8.29. The quantitative estimate of drug-likeness (QED) is 0.335. The van der Waals surface area contributed by atoms with Gasteiger partial charge in [-0.25, -0.2) is 0 Å². The van der Waals surface area contributed by atoms with Crippen LogP contribution < -0.4 is 5.32 Å². The van der Waals surface area contributed by atoms with Crippen molar-refractivity contribution in [1.29, 1.82) is 5.26 Å². The topological polar surface area (TPSA) is 82.4 Å². The monoisotopic (exact) mass is 321 g/mol. The highest BCUT2D eigenvalue weighted by atomic mass is 16.5. The molecule has 0 spiro atoms. The van der Waals surface area contributed by atoms with E-state index in [1.807, 2.05) is 6.07 Å². The van der Waals surface area contributed by atoms with E-state index in [1.54, 1.807) is 11.8 Å². The average molecular weight is 321 g/mol. The van der Waals surface area contributed by atoms with Gasteiger partial charge in [-0.1, -0.05) is 13.8 Å². The van der Waals surface area contributed by atoms with E-state index < -0.39 is 0 Å². The number of esters is 1. The second kappa shape index (κ2) is 9.88. The number of carbonyl (C=O) groups excluding carboxylic acids is 2. The standard InChI is InChI=1S/C17H27N3O3/c1-4-23-17(22)14-6-9-20(10-7-14)16(21)15(11-18)12-19-8-5-13(2)3/h12-14,19H,4-10H2,1-3H3/b15-12-. The molecule has 0 aromatic heterocycles. The summed E-state index contributed by atoms with van der Waals surface area (Å²) in [6, 6.07) is 1.96. The molecule has 1 aliphatic heterocycles. The lowest BCUT2D eigenvalue weighted by atomic mass is 9.96. The molecule has 0 aromatic rings. The highest BCUT2D eigenvalue weighted by Gasteiger charge is 2.29. The molecule has 128 valence electrons. The molecular formula is C17H27N3O3. The largest absolute Gasteiger partial charge is 0.466 e. The first-order chi connectivity index (χ1) is 11.0. The van der Waals surface area contributed by atoms with Gasteiger partial charge in [-0.05, 0) is 32.1 Å². The molecule has 1 fully saturated rings. The zero-order valence-electron chi connectivity index (χ0n) is 14.3. The molecule has 0 radical (unpaired) electrons. The Balaban J connectivity index is 2.49. The van der Waals surface area contributed by atoms with Crippen molar-refractivity contribution in [2.24, 2.45) is 11.8 Å². The van der Waals surface area contributed by atoms with E-state index in [2.05, 4.69) is 19.2 Å². The van der Waals surface area contributed by atoms with Gasteiger partial charge >= 0.3 is 5.97 Å². The van der Waals surface area contributed by atoms with Crippen molar-refractivity contribution < 1.29 is 14.3 Å². The van der Waals surface area contributed by atoms with E-state index in [-0.39, 0.29) is 23.4 Å². The maximum absolute atomic E-state index is 12.3. The van der Waals surface area contributed by atoms with E-state index >= 15 is 0 Å². The Morgan fingerprint density at radius 1 is 1.39 bits per heavy atom. The number of nitrogens with zero attached hydrogens (tertiary/aromatic N) is 2. The molecule has 0 aliphatic carbocycles. The Morgan fingerprint density at radius 2 is 2.04 bits per heavy atom. The Morgan fingerprint density at radius 3 is 2.57 bits per heavy atom. The number of amides is 1. The minimum Gasteiger partial charge on any atom is -0.466 e. The van der Waals surface area contributed by atoms with Crippen LogP contribution in [0.1, 0.15) is 40.0 Å². The van der Waals surface area contributed by atoms with E-state index in [0.717, 1.165) is 13.0 Å². The maximum atomic E-state index is 12.3. The fourth-order valence-corrected chi connectivity index (χ4v) is 2.44. The summed E-state index contributed by atoms with van der Waals surface area (Å²) in [5.41, 5.74) is 0.114. The zero-order chi connectivity index (χ0) is 17.2. The van der Waals surface area contributed by atoms with Gasteiger partial charge in [0.1, 0.15) is 11.6 Å². The number of ether oxygens (including phenoxy) is 1. The van der Waals surface area contributed by atoms with Gasteiger partial charge in [-0.2, -0.15) is 5.26 Å². The predicted molar refractivity (Wildman–Crippen MR) is 87.1 cm³/mol. The molecule has 0 atom stereocenters. The van der Waals surface area contributed by atoms with Gasteiger partial charge in [-0.15, -0.1) is 0 Å². The van der Waals surface area contributed by atoms with Gasteiger partial charge in [0.05, 0.1) is 12.5 Å². The van der Waals surface area contributed by atoms with Crippen LogP contribution in [0.2, 0.25) is 0 Å². The summed E-state index contributed by atoms with van der Waals surface area (Å²) in [6.45, 7) is 8.10. The summed E-state index contributed by atoms with van der Waals surface area (Å²) in [6.07, 6.45) is 3.66. The molecule has 1 N–H and O–H groups in total. The van der Waals surface area contributed by atoms with Crippen LogP contribution in [0.5, 0.6) is 0 Å². The Bertz CT molecular complexity index is 472. The van der Waals surface area contributed by atoms with Gasteiger partial charge in [0.2, 0.25) is 0 Å². The first kappa shape index (κ1) is 19.0. The fourth-order valence-electron chi connectivity index (χ4n) is 2.44. The summed E-state index contributed by atoms with van der Waals surface area (Å²) in [5, 5.41) is 12.2. The third-order valence-electron chi connectivity index (χ3n) is 3.87. The van der Waals surface area contributed by atoms with Crippen molar-refractivity contribution in [1.82, 2.24) is 10.2 Å². The van der Waals surface area contributed by atoms with Crippen molar-refractivity contribution >= 4 is 11.9 Å². The van der Waals surface area contributed by atoms with Gasteiger partial charge in [0.25, 0.3) is 5.91 Å². The van der Waals surface area contributed by atoms with Crippen molar-refractivity contribution in [2.45, 2.75) is 40.0 Å². The van der Waals surface area contributed by atoms with Crippen LogP contribution in [-0.4, -0.2) is 43.0 Å². The summed E-state index contributed by atoms with van der Waals surface area (Å²) >= 11 is 0. The lowest BCUT2D eigenvalue weighted by Gasteiger charge is -2.30. The van der Waals surface area contributed by atoms with Crippen LogP contribution in [-0.2, 0) is 14.3 Å². The number of rotatable bonds is 7. The smallest absolute Gasteiger partial charge is 0.309 e. The SMILES string of the molecule is CCOC(=O)C1CCN(C(=O)/C(C#N)=C\NCCC(C)C)CC1. The number of hydrogen-bond donors (Lipinski definition) is 1. The fraction of sp³-hybridized carbons (Fsp3) is 0.706. The molecule has 0 aromatic carbocycles. The molecular weight excluding hydrogens is 294 g/mol. The molecule has 1 saturated heterocycles. The normalized spacial score (nSPS) is 16.1. The number of carbonyl (C=O) groups is 2. The third kappa shape index (κ3) is 6.31. The molecule has 6 nitrogen and oxygen atoms in total. The second-order valence-electron chi connectivity index (χ2n) is 6.12. The minimum absolute atomic E-state index is 0.114. The number of nitrogens with one attached hydrogen (secondary N) is 1. The number of likely N-dealkylation sites (tertiary alicyclic amines) is 1. The summed E-state index contributed by atoms with van der Waals surface area (Å²) in [7, 11) is 0. The Hall–Kier alpha value is -2.03.